The van der Waals surface area contributed by atoms with E-state index in [9.17, 15) is 0 Å². The second-order valence-corrected chi connectivity index (χ2v) is 1.04. The van der Waals surface area contributed by atoms with Crippen LogP contribution in [0.1, 0.15) is 13.8 Å². The molecular formula is C4H8O5V. The van der Waals surface area contributed by atoms with Crippen molar-refractivity contribution in [3.05, 3.63) is 0 Å². The molecule has 0 fully saturated rings. The molecule has 0 saturated heterocycles. The van der Waals surface area contributed by atoms with Gasteiger partial charge in [0.1, 0.15) is 0 Å². The summed E-state index contributed by atoms with van der Waals surface area (Å²) in [6.07, 6.45) is 0. The quantitative estimate of drug-likeness (QED) is 0.559. The van der Waals surface area contributed by atoms with E-state index in [2.05, 4.69) is 0 Å². The SMILES string of the molecule is CC(=O)O.CC(=O)O.[O]=[V]. The molecule has 0 amide bonds. The number of hydrogen-bond donors (Lipinski definition) is 2. The summed E-state index contributed by atoms with van der Waals surface area (Å²) in [5.74, 6) is -1.67. The van der Waals surface area contributed by atoms with Crippen LogP contribution in [0.15, 0.2) is 0 Å². The molecule has 0 aliphatic heterocycles. The van der Waals surface area contributed by atoms with Gasteiger partial charge in [-0.1, -0.05) is 0 Å². The van der Waals surface area contributed by atoms with Crippen molar-refractivity contribution in [3.63, 3.8) is 0 Å². The second-order valence-electron chi connectivity index (χ2n) is 1.04. The average molecular weight is 187 g/mol. The van der Waals surface area contributed by atoms with Gasteiger partial charge in [-0.2, -0.15) is 0 Å². The zero-order valence-corrected chi connectivity index (χ0v) is 6.96. The van der Waals surface area contributed by atoms with Crippen molar-refractivity contribution in [2.24, 2.45) is 0 Å². The fourth-order valence-corrected chi connectivity index (χ4v) is 0. The first kappa shape index (κ1) is 16.2. The van der Waals surface area contributed by atoms with Crippen LogP contribution in [-0.4, -0.2) is 22.2 Å². The van der Waals surface area contributed by atoms with Gasteiger partial charge in [-0.05, 0) is 0 Å². The van der Waals surface area contributed by atoms with Crippen LogP contribution >= 0.6 is 0 Å². The van der Waals surface area contributed by atoms with Crippen LogP contribution in [0.5, 0.6) is 0 Å². The zero-order valence-electron chi connectivity index (χ0n) is 5.57. The Morgan fingerprint density at radius 1 is 1.00 bits per heavy atom. The van der Waals surface area contributed by atoms with Crippen LogP contribution in [0.2, 0.25) is 0 Å². The predicted octanol–water partition coefficient (Wildman–Crippen LogP) is 0.0605. The Morgan fingerprint density at radius 2 is 1.00 bits per heavy atom. The van der Waals surface area contributed by atoms with Crippen LogP contribution in [0.4, 0.5) is 0 Å². The van der Waals surface area contributed by atoms with Gasteiger partial charge in [-0.25, -0.2) is 0 Å². The van der Waals surface area contributed by atoms with E-state index in [1.807, 2.05) is 0 Å². The molecule has 0 bridgehead atoms. The fourth-order valence-electron chi connectivity index (χ4n) is 0. The van der Waals surface area contributed by atoms with E-state index in [1.54, 1.807) is 0 Å². The van der Waals surface area contributed by atoms with E-state index in [1.165, 1.54) is 0 Å². The number of carboxylic acids is 2. The van der Waals surface area contributed by atoms with Crippen molar-refractivity contribution in [1.29, 1.82) is 0 Å². The van der Waals surface area contributed by atoms with E-state index in [4.69, 9.17) is 23.5 Å². The Morgan fingerprint density at radius 3 is 1.00 bits per heavy atom. The van der Waals surface area contributed by atoms with E-state index in [-0.39, 0.29) is 0 Å². The molecule has 6 heteroatoms. The van der Waals surface area contributed by atoms with Crippen molar-refractivity contribution in [2.45, 2.75) is 13.8 Å². The second kappa shape index (κ2) is 15.8. The Bertz CT molecular complexity index is 81.8. The first-order valence-electron chi connectivity index (χ1n) is 2.04. The molecule has 59 valence electrons. The molecule has 2 N–H and O–H groups in total. The number of carboxylic acid groups (broad SMARTS) is 2. The Hall–Kier alpha value is -0.676. The van der Waals surface area contributed by atoms with E-state index >= 15 is 0 Å². The summed E-state index contributed by atoms with van der Waals surface area (Å²) in [5, 5.41) is 14.8. The molecule has 0 aromatic rings. The van der Waals surface area contributed by atoms with Gasteiger partial charge in [0.15, 0.2) is 0 Å². The molecule has 0 spiro atoms. The van der Waals surface area contributed by atoms with Crippen LogP contribution < -0.4 is 0 Å². The number of aliphatic carboxylic acids is 2. The van der Waals surface area contributed by atoms with Crippen LogP contribution in [-0.2, 0) is 30.6 Å². The topological polar surface area (TPSA) is 91.7 Å². The van der Waals surface area contributed by atoms with Crippen LogP contribution in [0.3, 0.4) is 0 Å². The molecule has 0 aromatic heterocycles. The summed E-state index contributed by atoms with van der Waals surface area (Å²) in [7, 11) is 0. The fraction of sp³-hybridized carbons (Fsp3) is 0.500. The molecule has 0 aliphatic rings. The Kier molecular flexibility index (Phi) is 25.4. The van der Waals surface area contributed by atoms with Crippen molar-refractivity contribution < 1.29 is 40.8 Å². The van der Waals surface area contributed by atoms with Gasteiger partial charge in [0.2, 0.25) is 0 Å². The molecule has 10 heavy (non-hydrogen) atoms. The summed E-state index contributed by atoms with van der Waals surface area (Å²) in [6.45, 7) is 2.17. The van der Waals surface area contributed by atoms with E-state index in [0.29, 0.717) is 0 Å². The maximum atomic E-state index is 9.00. The van der Waals surface area contributed by atoms with Gasteiger partial charge >= 0.3 is 21.0 Å². The summed E-state index contributed by atoms with van der Waals surface area (Å²) in [4.78, 5) is 18.0. The minimum absolute atomic E-state index is 0.833. The maximum absolute atomic E-state index is 9.00. The molecule has 0 heterocycles. The summed E-state index contributed by atoms with van der Waals surface area (Å²) in [6, 6.07) is 0. The number of hydrogen-bond acceptors (Lipinski definition) is 3. The Labute approximate surface area is 67.3 Å². The molecule has 0 radical (unpaired) electrons. The number of carbonyl (C=O) groups is 2. The molecular weight excluding hydrogens is 179 g/mol. The van der Waals surface area contributed by atoms with Gasteiger partial charge in [0, 0.05) is 13.8 Å². The first-order valence-corrected chi connectivity index (χ1v) is 2.61. The third-order valence-electron chi connectivity index (χ3n) is 0. The molecule has 0 rings (SSSR count). The van der Waals surface area contributed by atoms with Crippen molar-refractivity contribution in [2.75, 3.05) is 0 Å². The standard InChI is InChI=1S/2C2H4O2.O.V/c2*1-2(3)4;;/h2*1H3,(H,3,4);;. The summed E-state index contributed by atoms with van der Waals surface area (Å²) < 4.78 is 8.19. The zero-order chi connectivity index (χ0) is 9.15. The molecule has 0 aromatic carbocycles. The third kappa shape index (κ3) is 642. The number of rotatable bonds is 0. The van der Waals surface area contributed by atoms with E-state index in [0.717, 1.165) is 31.2 Å². The molecule has 0 unspecified atom stereocenters. The van der Waals surface area contributed by atoms with Gasteiger partial charge in [-0.3, -0.25) is 9.59 Å². The van der Waals surface area contributed by atoms with Gasteiger partial charge in [-0.15, -0.1) is 0 Å². The van der Waals surface area contributed by atoms with Crippen molar-refractivity contribution >= 4 is 11.9 Å². The van der Waals surface area contributed by atoms with Gasteiger partial charge in [0.25, 0.3) is 11.9 Å². The van der Waals surface area contributed by atoms with Crippen molar-refractivity contribution in [1.82, 2.24) is 0 Å². The molecule has 0 aliphatic carbocycles. The Balaban J connectivity index is -0.0000000787. The summed E-state index contributed by atoms with van der Waals surface area (Å²) >= 11 is 1.06. The van der Waals surface area contributed by atoms with Crippen molar-refractivity contribution in [3.8, 4) is 0 Å². The van der Waals surface area contributed by atoms with E-state index < -0.39 is 11.9 Å². The van der Waals surface area contributed by atoms with Crippen LogP contribution in [0, 0.1) is 0 Å². The summed E-state index contributed by atoms with van der Waals surface area (Å²) in [5.41, 5.74) is 0. The molecule has 0 saturated carbocycles. The molecule has 5 nitrogen and oxygen atoms in total. The average Bonchev–Trinajstić information content (AvgIpc) is 1.66. The minimum atomic E-state index is -0.833. The predicted molar refractivity (Wildman–Crippen MR) is 27.3 cm³/mol. The van der Waals surface area contributed by atoms with Gasteiger partial charge in [0.05, 0.1) is 0 Å². The third-order valence-corrected chi connectivity index (χ3v) is 0. The van der Waals surface area contributed by atoms with Gasteiger partial charge < -0.3 is 10.2 Å². The molecule has 0 atom stereocenters. The monoisotopic (exact) mass is 187 g/mol. The normalized spacial score (nSPS) is 5.30. The first-order chi connectivity index (χ1) is 4.46. The van der Waals surface area contributed by atoms with Crippen LogP contribution in [0.25, 0.3) is 0 Å².